The van der Waals surface area contributed by atoms with Crippen molar-refractivity contribution in [3.05, 3.63) is 51.8 Å². The Hall–Kier alpha value is -4.56. The van der Waals surface area contributed by atoms with Crippen LogP contribution in [0.2, 0.25) is 0 Å². The summed E-state index contributed by atoms with van der Waals surface area (Å²) in [5, 5.41) is 2.71. The predicted octanol–water partition coefficient (Wildman–Crippen LogP) is 0.972. The summed E-state index contributed by atoms with van der Waals surface area (Å²) in [6.07, 6.45) is 4.03. The van der Waals surface area contributed by atoms with Gasteiger partial charge in [0.1, 0.15) is 11.9 Å². The minimum atomic E-state index is -2.35. The van der Waals surface area contributed by atoms with Gasteiger partial charge in [-0.25, -0.2) is 38.5 Å². The molecule has 6 rings (SSSR count). The average Bonchev–Trinajstić information content (AvgIpc) is 3.27. The van der Waals surface area contributed by atoms with Crippen molar-refractivity contribution in [1.29, 1.82) is 0 Å². The van der Waals surface area contributed by atoms with E-state index in [1.54, 1.807) is 11.8 Å². The van der Waals surface area contributed by atoms with Crippen LogP contribution in [-0.4, -0.2) is 64.0 Å². The van der Waals surface area contributed by atoms with Gasteiger partial charge in [0.25, 0.3) is 5.56 Å². The highest BCUT2D eigenvalue weighted by atomic mass is 19.3. The fourth-order valence-corrected chi connectivity index (χ4v) is 5.20. The number of imidazole rings is 1. The highest BCUT2D eigenvalue weighted by Crippen LogP contribution is 2.61. The highest BCUT2D eigenvalue weighted by Gasteiger charge is 2.65. The molecule has 1 amide bonds. The number of aromatic nitrogens is 8. The minimum Gasteiger partial charge on any atom is -0.340 e. The molecule has 13 nitrogen and oxygen atoms in total. The van der Waals surface area contributed by atoms with E-state index in [4.69, 9.17) is 0 Å². The van der Waals surface area contributed by atoms with E-state index in [2.05, 4.69) is 30.2 Å². The van der Waals surface area contributed by atoms with Crippen molar-refractivity contribution in [1.82, 2.24) is 38.6 Å². The lowest BCUT2D eigenvalue weighted by molar-refractivity contribution is -0.118. The first-order valence-corrected chi connectivity index (χ1v) is 12.2. The first kappa shape index (κ1) is 24.8. The summed E-state index contributed by atoms with van der Waals surface area (Å²) < 4.78 is 30.4. The molecule has 5 heterocycles. The standard InChI is InChI=1S/C24H24F2N10O3/c1-12(36-11-30-18-16(36)20(38)34(3)23(39)33(18)2)19(37)32-15-4-5-27-17(31-15)13-7-28-22(29-8-13)35-9-14-6-24(14,10-35)21(25)26/h4-5,7-8,11-12,14,21H,6,9-10H2,1-3H3,(H,27,31,32,37). The van der Waals surface area contributed by atoms with Gasteiger partial charge in [-0.05, 0) is 25.3 Å². The zero-order valence-corrected chi connectivity index (χ0v) is 21.2. The van der Waals surface area contributed by atoms with Crippen LogP contribution in [-0.2, 0) is 18.9 Å². The Morgan fingerprint density at radius 1 is 1.13 bits per heavy atom. The van der Waals surface area contributed by atoms with Crippen LogP contribution in [0.3, 0.4) is 0 Å². The van der Waals surface area contributed by atoms with E-state index in [9.17, 15) is 23.2 Å². The lowest BCUT2D eigenvalue weighted by Gasteiger charge is -2.20. The van der Waals surface area contributed by atoms with Gasteiger partial charge >= 0.3 is 5.69 Å². The average molecular weight is 539 g/mol. The Morgan fingerprint density at radius 2 is 1.87 bits per heavy atom. The number of carbonyl (C=O) groups excluding carboxylic acids is 1. The van der Waals surface area contributed by atoms with Crippen LogP contribution in [0.5, 0.6) is 0 Å². The zero-order valence-electron chi connectivity index (χ0n) is 21.2. The number of halogens is 2. The number of carbonyl (C=O) groups is 1. The number of amides is 1. The molecule has 0 aromatic carbocycles. The molecule has 4 aromatic heterocycles. The van der Waals surface area contributed by atoms with Crippen molar-refractivity contribution < 1.29 is 13.6 Å². The maximum Gasteiger partial charge on any atom is 0.332 e. The molecule has 1 aliphatic heterocycles. The summed E-state index contributed by atoms with van der Waals surface area (Å²) in [5.74, 6) is 0.353. The molecule has 3 unspecified atom stereocenters. The molecule has 2 fully saturated rings. The number of hydrogen-bond acceptors (Lipinski definition) is 9. The number of piperidine rings is 1. The number of alkyl halides is 2. The van der Waals surface area contributed by atoms with Gasteiger partial charge in [-0.1, -0.05) is 0 Å². The third-order valence-electron chi connectivity index (χ3n) is 7.70. The van der Waals surface area contributed by atoms with Gasteiger partial charge in [-0.15, -0.1) is 0 Å². The van der Waals surface area contributed by atoms with Crippen LogP contribution in [0.4, 0.5) is 20.5 Å². The van der Waals surface area contributed by atoms with Gasteiger partial charge in [-0.3, -0.25) is 18.7 Å². The molecule has 1 aliphatic carbocycles. The first-order chi connectivity index (χ1) is 18.6. The fraction of sp³-hybridized carbons (Fsp3) is 0.417. The number of nitrogens with one attached hydrogen (secondary N) is 1. The molecule has 4 aromatic rings. The Labute approximate surface area is 219 Å². The number of rotatable bonds is 6. The monoisotopic (exact) mass is 538 g/mol. The van der Waals surface area contributed by atoms with Crippen LogP contribution in [0.25, 0.3) is 22.6 Å². The molecular weight excluding hydrogens is 514 g/mol. The van der Waals surface area contributed by atoms with Crippen molar-refractivity contribution in [2.24, 2.45) is 25.4 Å². The minimum absolute atomic E-state index is 0.0259. The third-order valence-corrected chi connectivity index (χ3v) is 7.70. The summed E-state index contributed by atoms with van der Waals surface area (Å²) in [7, 11) is 2.86. The van der Waals surface area contributed by atoms with Crippen LogP contribution in [0.1, 0.15) is 19.4 Å². The molecular formula is C24H24F2N10O3. The Morgan fingerprint density at radius 3 is 2.56 bits per heavy atom. The van der Waals surface area contributed by atoms with Crippen LogP contribution in [0, 0.1) is 11.3 Å². The number of hydrogen-bond donors (Lipinski definition) is 1. The van der Waals surface area contributed by atoms with Crippen LogP contribution >= 0.6 is 0 Å². The number of anilines is 2. The normalized spacial score (nSPS) is 20.9. The van der Waals surface area contributed by atoms with Gasteiger partial charge in [0.05, 0.1) is 17.3 Å². The molecule has 39 heavy (non-hydrogen) atoms. The fourth-order valence-electron chi connectivity index (χ4n) is 5.20. The van der Waals surface area contributed by atoms with Crippen molar-refractivity contribution >= 4 is 28.8 Å². The second-order valence-electron chi connectivity index (χ2n) is 10.0. The smallest absolute Gasteiger partial charge is 0.332 e. The second-order valence-corrected chi connectivity index (χ2v) is 10.0. The topological polar surface area (TPSA) is 146 Å². The third kappa shape index (κ3) is 3.87. The number of nitrogens with zero attached hydrogens (tertiary/aromatic N) is 9. The van der Waals surface area contributed by atoms with E-state index in [1.807, 2.05) is 0 Å². The quantitative estimate of drug-likeness (QED) is 0.379. The van der Waals surface area contributed by atoms with Crippen LogP contribution < -0.4 is 21.5 Å². The summed E-state index contributed by atoms with van der Waals surface area (Å²) in [6.45, 7) is 2.34. The molecule has 3 atom stereocenters. The van der Waals surface area contributed by atoms with Crippen molar-refractivity contribution in [2.45, 2.75) is 25.8 Å². The summed E-state index contributed by atoms with van der Waals surface area (Å²) in [4.78, 5) is 61.2. The Bertz CT molecular complexity index is 1730. The lowest BCUT2D eigenvalue weighted by atomic mass is 10.1. The molecule has 1 N–H and O–H groups in total. The van der Waals surface area contributed by atoms with E-state index in [0.717, 1.165) is 4.57 Å². The van der Waals surface area contributed by atoms with Crippen molar-refractivity contribution in [3.63, 3.8) is 0 Å². The Balaban J connectivity index is 1.19. The molecule has 0 spiro atoms. The summed E-state index contributed by atoms with van der Waals surface area (Å²) in [5.41, 5.74) is -1.23. The molecule has 1 saturated carbocycles. The first-order valence-electron chi connectivity index (χ1n) is 12.2. The van der Waals surface area contributed by atoms with Crippen LogP contribution in [0.15, 0.2) is 40.6 Å². The van der Waals surface area contributed by atoms with Gasteiger partial charge in [0.15, 0.2) is 17.0 Å². The molecule has 202 valence electrons. The van der Waals surface area contributed by atoms with Gasteiger partial charge in [0, 0.05) is 45.8 Å². The summed E-state index contributed by atoms with van der Waals surface area (Å²) in [6, 6.07) is 0.655. The van der Waals surface area contributed by atoms with Gasteiger partial charge in [0.2, 0.25) is 18.3 Å². The lowest BCUT2D eigenvalue weighted by Crippen LogP contribution is -2.38. The van der Waals surface area contributed by atoms with E-state index >= 15 is 0 Å². The number of fused-ring (bicyclic) bond motifs is 2. The van der Waals surface area contributed by atoms with E-state index in [-0.39, 0.29) is 35.3 Å². The van der Waals surface area contributed by atoms with Crippen molar-refractivity contribution in [2.75, 3.05) is 23.3 Å². The SMILES string of the molecule is CC(C(=O)Nc1ccnc(-c2cnc(N3CC4CC4(C(F)F)C3)nc2)n1)n1cnc2c1c(=O)n(C)c(=O)n2C. The van der Waals surface area contributed by atoms with E-state index in [1.165, 1.54) is 54.2 Å². The number of aryl methyl sites for hydroxylation is 1. The van der Waals surface area contributed by atoms with E-state index in [0.29, 0.717) is 24.5 Å². The van der Waals surface area contributed by atoms with Gasteiger partial charge in [-0.2, -0.15) is 0 Å². The predicted molar refractivity (Wildman–Crippen MR) is 135 cm³/mol. The maximum absolute atomic E-state index is 13.4. The second kappa shape index (κ2) is 8.74. The largest absolute Gasteiger partial charge is 0.340 e. The molecule has 2 aliphatic rings. The molecule has 1 saturated heterocycles. The summed E-state index contributed by atoms with van der Waals surface area (Å²) >= 11 is 0. The van der Waals surface area contributed by atoms with Gasteiger partial charge < -0.3 is 14.8 Å². The maximum atomic E-state index is 13.4. The molecule has 15 heteroatoms. The zero-order chi connectivity index (χ0) is 27.6. The molecule has 0 radical (unpaired) electrons. The molecule has 0 bridgehead atoms. The van der Waals surface area contributed by atoms with Crippen molar-refractivity contribution in [3.8, 4) is 11.4 Å². The Kier molecular flexibility index (Phi) is 5.55. The highest BCUT2D eigenvalue weighted by molar-refractivity contribution is 5.93. The van der Waals surface area contributed by atoms with E-state index < -0.39 is 35.0 Å².